The monoisotopic (exact) mass is 255 g/mol. The molecule has 2 nitrogen and oxygen atoms in total. The van der Waals surface area contributed by atoms with Gasteiger partial charge in [0.2, 0.25) is 0 Å². The number of β-amino-alcohol motifs (C(OH)–C–C–N with tert-alkyl or cyclic N) is 1. The van der Waals surface area contributed by atoms with Gasteiger partial charge in [0.1, 0.15) is 0 Å². The molecular weight excluding hydrogens is 234 g/mol. The molecule has 1 atom stereocenters. The van der Waals surface area contributed by atoms with Crippen molar-refractivity contribution in [2.75, 3.05) is 6.54 Å². The van der Waals surface area contributed by atoms with Gasteiger partial charge in [-0.15, -0.1) is 0 Å². The van der Waals surface area contributed by atoms with Crippen molar-refractivity contribution in [3.05, 3.63) is 48.0 Å². The van der Waals surface area contributed by atoms with Crippen molar-refractivity contribution < 1.29 is 5.11 Å². The van der Waals surface area contributed by atoms with Crippen LogP contribution in [0, 0.1) is 0 Å². The second-order valence-corrected chi connectivity index (χ2v) is 5.92. The molecule has 2 aromatic carbocycles. The molecular formula is C17H21NO. The summed E-state index contributed by atoms with van der Waals surface area (Å²) in [5.74, 6) is 0. The van der Waals surface area contributed by atoms with Gasteiger partial charge in [-0.3, -0.25) is 0 Å². The molecule has 2 heteroatoms. The van der Waals surface area contributed by atoms with Crippen LogP contribution in [0.2, 0.25) is 0 Å². The highest BCUT2D eigenvalue weighted by Crippen LogP contribution is 2.31. The predicted octanol–water partition coefficient (Wildman–Crippen LogP) is 3.41. The van der Waals surface area contributed by atoms with Crippen LogP contribution in [0.3, 0.4) is 0 Å². The van der Waals surface area contributed by atoms with Crippen molar-refractivity contribution in [3.63, 3.8) is 0 Å². The Hall–Kier alpha value is -1.38. The highest BCUT2D eigenvalue weighted by molar-refractivity contribution is 5.83. The van der Waals surface area contributed by atoms with Crippen LogP contribution in [0.15, 0.2) is 42.5 Å². The van der Waals surface area contributed by atoms with Crippen LogP contribution in [0.5, 0.6) is 0 Å². The van der Waals surface area contributed by atoms with Gasteiger partial charge >= 0.3 is 0 Å². The summed E-state index contributed by atoms with van der Waals surface area (Å²) in [6, 6.07) is 14.5. The van der Waals surface area contributed by atoms with Gasteiger partial charge in [0, 0.05) is 12.1 Å². The van der Waals surface area contributed by atoms with E-state index in [1.165, 1.54) is 30.0 Å². The Balaban J connectivity index is 1.72. The third-order valence-corrected chi connectivity index (χ3v) is 4.34. The molecule has 0 heterocycles. The maximum Gasteiger partial charge on any atom is 0.0914 e. The smallest absolute Gasteiger partial charge is 0.0914 e. The maximum absolute atomic E-state index is 10.3. The standard InChI is InChI=1S/C17H21NO/c1-17(9-4-10-17)18-12-16(19)15-8-7-13-5-2-3-6-14(13)11-15/h2-3,5-8,11,16,18-19H,4,9-10,12H2,1H3. The minimum absolute atomic E-state index is 0.248. The van der Waals surface area contributed by atoms with Crippen molar-refractivity contribution in [2.45, 2.75) is 37.8 Å². The molecule has 0 bridgehead atoms. The Morgan fingerprint density at radius 1 is 1.16 bits per heavy atom. The fourth-order valence-corrected chi connectivity index (χ4v) is 2.76. The van der Waals surface area contributed by atoms with E-state index in [2.05, 4.69) is 36.5 Å². The second kappa shape index (κ2) is 4.95. The van der Waals surface area contributed by atoms with Crippen LogP contribution in [0.1, 0.15) is 37.9 Å². The second-order valence-electron chi connectivity index (χ2n) is 5.92. The van der Waals surface area contributed by atoms with Gasteiger partial charge in [-0.25, -0.2) is 0 Å². The zero-order chi connectivity index (χ0) is 13.3. The van der Waals surface area contributed by atoms with E-state index in [4.69, 9.17) is 0 Å². The fraction of sp³-hybridized carbons (Fsp3) is 0.412. The van der Waals surface area contributed by atoms with Crippen LogP contribution >= 0.6 is 0 Å². The predicted molar refractivity (Wildman–Crippen MR) is 79.2 cm³/mol. The van der Waals surface area contributed by atoms with E-state index in [0.29, 0.717) is 6.54 Å². The van der Waals surface area contributed by atoms with E-state index in [-0.39, 0.29) is 5.54 Å². The third-order valence-electron chi connectivity index (χ3n) is 4.34. The molecule has 2 N–H and O–H groups in total. The van der Waals surface area contributed by atoms with Crippen molar-refractivity contribution in [3.8, 4) is 0 Å². The van der Waals surface area contributed by atoms with Gasteiger partial charge in [-0.1, -0.05) is 36.4 Å². The molecule has 0 spiro atoms. The van der Waals surface area contributed by atoms with Crippen molar-refractivity contribution in [1.29, 1.82) is 0 Å². The number of benzene rings is 2. The average molecular weight is 255 g/mol. The highest BCUT2D eigenvalue weighted by Gasteiger charge is 2.31. The van der Waals surface area contributed by atoms with E-state index < -0.39 is 6.10 Å². The van der Waals surface area contributed by atoms with E-state index in [1.54, 1.807) is 0 Å². The number of hydrogen-bond acceptors (Lipinski definition) is 2. The summed E-state index contributed by atoms with van der Waals surface area (Å²) in [7, 11) is 0. The largest absolute Gasteiger partial charge is 0.387 e. The molecule has 19 heavy (non-hydrogen) atoms. The molecule has 100 valence electrons. The van der Waals surface area contributed by atoms with Crippen LogP contribution in [-0.2, 0) is 0 Å². The SMILES string of the molecule is CC1(NCC(O)c2ccc3ccccc3c2)CCC1. The minimum Gasteiger partial charge on any atom is -0.387 e. The number of aliphatic hydroxyl groups is 1. The van der Waals surface area contributed by atoms with E-state index in [9.17, 15) is 5.11 Å². The molecule has 0 radical (unpaired) electrons. The molecule has 0 saturated heterocycles. The van der Waals surface area contributed by atoms with Gasteiger partial charge in [-0.05, 0) is 48.6 Å². The summed E-state index contributed by atoms with van der Waals surface area (Å²) in [6.45, 7) is 2.87. The Morgan fingerprint density at radius 2 is 1.89 bits per heavy atom. The quantitative estimate of drug-likeness (QED) is 0.877. The summed E-state index contributed by atoms with van der Waals surface area (Å²) in [4.78, 5) is 0. The first-order valence-electron chi connectivity index (χ1n) is 7.08. The molecule has 0 aliphatic heterocycles. The van der Waals surface area contributed by atoms with E-state index >= 15 is 0 Å². The summed E-state index contributed by atoms with van der Waals surface area (Å²) in [5, 5.41) is 16.2. The van der Waals surface area contributed by atoms with Crippen LogP contribution < -0.4 is 5.32 Å². The van der Waals surface area contributed by atoms with E-state index in [0.717, 1.165) is 5.56 Å². The molecule has 1 unspecified atom stereocenters. The number of nitrogens with one attached hydrogen (secondary N) is 1. The van der Waals surface area contributed by atoms with Crippen molar-refractivity contribution in [2.24, 2.45) is 0 Å². The molecule has 1 fully saturated rings. The first-order chi connectivity index (χ1) is 9.16. The summed E-state index contributed by atoms with van der Waals surface area (Å²) >= 11 is 0. The number of hydrogen-bond donors (Lipinski definition) is 2. The van der Waals surface area contributed by atoms with Gasteiger partial charge in [0.15, 0.2) is 0 Å². The number of aliphatic hydroxyl groups excluding tert-OH is 1. The number of fused-ring (bicyclic) bond motifs is 1. The first kappa shape index (κ1) is 12.6. The Morgan fingerprint density at radius 3 is 2.58 bits per heavy atom. The summed E-state index contributed by atoms with van der Waals surface area (Å²) < 4.78 is 0. The zero-order valence-electron chi connectivity index (χ0n) is 11.4. The zero-order valence-corrected chi connectivity index (χ0v) is 11.4. The van der Waals surface area contributed by atoms with Gasteiger partial charge in [0.25, 0.3) is 0 Å². The lowest BCUT2D eigenvalue weighted by molar-refractivity contribution is 0.132. The Bertz CT molecular complexity index is 574. The molecule has 2 aromatic rings. The van der Waals surface area contributed by atoms with Crippen LogP contribution in [0.25, 0.3) is 10.8 Å². The Labute approximate surface area is 114 Å². The maximum atomic E-state index is 10.3. The molecule has 0 aromatic heterocycles. The lowest BCUT2D eigenvalue weighted by Gasteiger charge is -2.40. The van der Waals surface area contributed by atoms with Crippen LogP contribution in [-0.4, -0.2) is 17.2 Å². The normalized spacial score (nSPS) is 19.1. The summed E-state index contributed by atoms with van der Waals surface area (Å²) in [5.41, 5.74) is 1.24. The van der Waals surface area contributed by atoms with Gasteiger partial charge in [-0.2, -0.15) is 0 Å². The molecule has 3 rings (SSSR count). The minimum atomic E-state index is -0.429. The molecule has 1 aliphatic carbocycles. The average Bonchev–Trinajstić information content (AvgIpc) is 2.42. The number of rotatable bonds is 4. The molecule has 1 aliphatic rings. The summed E-state index contributed by atoms with van der Waals surface area (Å²) in [6.07, 6.45) is 3.31. The van der Waals surface area contributed by atoms with Gasteiger partial charge in [0.05, 0.1) is 6.10 Å². The lowest BCUT2D eigenvalue weighted by atomic mass is 9.78. The third kappa shape index (κ3) is 2.65. The lowest BCUT2D eigenvalue weighted by Crippen LogP contribution is -2.49. The first-order valence-corrected chi connectivity index (χ1v) is 7.08. The van der Waals surface area contributed by atoms with Crippen molar-refractivity contribution in [1.82, 2.24) is 5.32 Å². The highest BCUT2D eigenvalue weighted by atomic mass is 16.3. The van der Waals surface area contributed by atoms with Crippen molar-refractivity contribution >= 4 is 10.8 Å². The Kier molecular flexibility index (Phi) is 3.29. The topological polar surface area (TPSA) is 32.3 Å². The fourth-order valence-electron chi connectivity index (χ4n) is 2.76. The molecule has 1 saturated carbocycles. The van der Waals surface area contributed by atoms with Gasteiger partial charge < -0.3 is 10.4 Å². The van der Waals surface area contributed by atoms with E-state index in [1.807, 2.05) is 18.2 Å². The molecule has 0 amide bonds. The van der Waals surface area contributed by atoms with Crippen LogP contribution in [0.4, 0.5) is 0 Å².